The zero-order valence-corrected chi connectivity index (χ0v) is 11.2. The Hall–Kier alpha value is -1.30. The molecule has 1 aliphatic rings. The molecule has 2 atom stereocenters. The van der Waals surface area contributed by atoms with Crippen molar-refractivity contribution < 1.29 is 14.6 Å². The van der Waals surface area contributed by atoms with Gasteiger partial charge in [-0.25, -0.2) is 0 Å². The molecule has 2 rings (SSSR count). The summed E-state index contributed by atoms with van der Waals surface area (Å²) in [4.78, 5) is 11.0. The minimum Gasteiger partial charge on any atom is -0.489 e. The van der Waals surface area contributed by atoms with Crippen molar-refractivity contribution in [3.63, 3.8) is 0 Å². The van der Waals surface area contributed by atoms with E-state index in [0.29, 0.717) is 30.3 Å². The number of benzene rings is 1. The molecule has 1 heterocycles. The van der Waals surface area contributed by atoms with E-state index < -0.39 is 6.10 Å². The van der Waals surface area contributed by atoms with Gasteiger partial charge in [-0.05, 0) is 12.1 Å². The molecule has 1 saturated heterocycles. The van der Waals surface area contributed by atoms with Crippen molar-refractivity contribution in [1.82, 2.24) is 10.6 Å². The molecule has 6 heteroatoms. The number of hydrogen-bond donors (Lipinski definition) is 3. The zero-order chi connectivity index (χ0) is 13.7. The molecule has 104 valence electrons. The van der Waals surface area contributed by atoms with Crippen LogP contribution in [-0.4, -0.2) is 42.9 Å². The fraction of sp³-hybridized carbons (Fsp3) is 0.462. The molecular formula is C13H17ClN2O3. The lowest BCUT2D eigenvalue weighted by atomic mass is 10.2. The first kappa shape index (κ1) is 14.1. The average molecular weight is 285 g/mol. The topological polar surface area (TPSA) is 70.6 Å². The first-order valence-electron chi connectivity index (χ1n) is 6.20. The number of amides is 1. The number of rotatable bonds is 6. The van der Waals surface area contributed by atoms with E-state index in [9.17, 15) is 9.90 Å². The number of aliphatic hydroxyl groups excluding tert-OH is 1. The van der Waals surface area contributed by atoms with Crippen molar-refractivity contribution >= 4 is 17.5 Å². The summed E-state index contributed by atoms with van der Waals surface area (Å²) in [6.07, 6.45) is -0.190. The van der Waals surface area contributed by atoms with E-state index in [1.54, 1.807) is 12.1 Å². The zero-order valence-electron chi connectivity index (χ0n) is 10.4. The second-order valence-electron chi connectivity index (χ2n) is 4.51. The number of carbonyl (C=O) groups is 1. The highest BCUT2D eigenvalue weighted by atomic mass is 35.5. The van der Waals surface area contributed by atoms with Crippen LogP contribution in [0.15, 0.2) is 24.3 Å². The highest BCUT2D eigenvalue weighted by molar-refractivity contribution is 6.32. The van der Waals surface area contributed by atoms with Crippen LogP contribution in [0.1, 0.15) is 6.42 Å². The number of nitrogens with one attached hydrogen (secondary N) is 2. The van der Waals surface area contributed by atoms with Crippen LogP contribution < -0.4 is 15.4 Å². The Bertz CT molecular complexity index is 442. The molecule has 3 N–H and O–H groups in total. The van der Waals surface area contributed by atoms with Crippen LogP contribution in [0, 0.1) is 0 Å². The van der Waals surface area contributed by atoms with Crippen molar-refractivity contribution in [2.75, 3.05) is 19.7 Å². The minimum absolute atomic E-state index is 0.0410. The van der Waals surface area contributed by atoms with Gasteiger partial charge < -0.3 is 20.5 Å². The van der Waals surface area contributed by atoms with Gasteiger partial charge in [0, 0.05) is 25.6 Å². The second kappa shape index (κ2) is 6.75. The number of ether oxygens (including phenoxy) is 1. The average Bonchev–Trinajstić information content (AvgIpc) is 2.81. The Kier molecular flexibility index (Phi) is 5.01. The standard InChI is InChI=1S/C13H17ClN2O3/c14-11-3-1-2-4-12(11)19-8-10(17)7-15-9-5-13(18)16-6-9/h1-4,9-10,15,17H,5-8H2,(H,16,18). The molecular weight excluding hydrogens is 268 g/mol. The smallest absolute Gasteiger partial charge is 0.221 e. The van der Waals surface area contributed by atoms with Crippen LogP contribution in [0.4, 0.5) is 0 Å². The van der Waals surface area contributed by atoms with E-state index in [4.69, 9.17) is 16.3 Å². The Morgan fingerprint density at radius 1 is 1.53 bits per heavy atom. The van der Waals surface area contributed by atoms with Crippen molar-refractivity contribution in [1.29, 1.82) is 0 Å². The maximum atomic E-state index is 11.0. The summed E-state index contributed by atoms with van der Waals surface area (Å²) < 4.78 is 5.43. The fourth-order valence-corrected chi connectivity index (χ4v) is 2.05. The van der Waals surface area contributed by atoms with Gasteiger partial charge in [-0.1, -0.05) is 23.7 Å². The van der Waals surface area contributed by atoms with Crippen molar-refractivity contribution in [3.05, 3.63) is 29.3 Å². The number of halogens is 1. The van der Waals surface area contributed by atoms with E-state index in [1.165, 1.54) is 0 Å². The Morgan fingerprint density at radius 2 is 2.32 bits per heavy atom. The number of hydrogen-bond acceptors (Lipinski definition) is 4. The second-order valence-corrected chi connectivity index (χ2v) is 4.92. The monoisotopic (exact) mass is 284 g/mol. The Labute approximate surface area is 116 Å². The summed E-state index contributed by atoms with van der Waals surface area (Å²) in [6.45, 7) is 1.14. The largest absolute Gasteiger partial charge is 0.489 e. The maximum Gasteiger partial charge on any atom is 0.221 e. The molecule has 5 nitrogen and oxygen atoms in total. The first-order valence-corrected chi connectivity index (χ1v) is 6.58. The quantitative estimate of drug-likeness (QED) is 0.714. The predicted octanol–water partition coefficient (Wildman–Crippen LogP) is 0.558. The first-order chi connectivity index (χ1) is 9.15. The van der Waals surface area contributed by atoms with E-state index in [1.807, 2.05) is 12.1 Å². The van der Waals surface area contributed by atoms with Crippen molar-refractivity contribution in [2.24, 2.45) is 0 Å². The third kappa shape index (κ3) is 4.38. The number of carbonyl (C=O) groups excluding carboxylic acids is 1. The molecule has 0 aliphatic carbocycles. The third-order valence-electron chi connectivity index (χ3n) is 2.89. The van der Waals surface area contributed by atoms with Crippen LogP contribution in [0.5, 0.6) is 5.75 Å². The highest BCUT2D eigenvalue weighted by Gasteiger charge is 2.21. The van der Waals surface area contributed by atoms with E-state index in [2.05, 4.69) is 10.6 Å². The molecule has 1 aromatic carbocycles. The molecule has 1 fully saturated rings. The molecule has 0 radical (unpaired) electrons. The molecule has 19 heavy (non-hydrogen) atoms. The van der Waals surface area contributed by atoms with Crippen LogP contribution in [0.25, 0.3) is 0 Å². The number of aliphatic hydroxyl groups is 1. The molecule has 0 bridgehead atoms. The summed E-state index contributed by atoms with van der Waals surface area (Å²) >= 11 is 5.94. The summed E-state index contributed by atoms with van der Waals surface area (Å²) in [5.41, 5.74) is 0. The molecule has 1 aliphatic heterocycles. The Balaban J connectivity index is 1.68. The van der Waals surface area contributed by atoms with Crippen LogP contribution in [0.3, 0.4) is 0 Å². The van der Waals surface area contributed by atoms with E-state index in [-0.39, 0.29) is 18.6 Å². The lowest BCUT2D eigenvalue weighted by Gasteiger charge is -2.16. The molecule has 1 aromatic rings. The third-order valence-corrected chi connectivity index (χ3v) is 3.20. The van der Waals surface area contributed by atoms with Gasteiger partial charge in [-0.3, -0.25) is 4.79 Å². The fourth-order valence-electron chi connectivity index (χ4n) is 1.86. The molecule has 0 spiro atoms. The lowest BCUT2D eigenvalue weighted by Crippen LogP contribution is -2.39. The van der Waals surface area contributed by atoms with Gasteiger partial charge in [0.2, 0.25) is 5.91 Å². The highest BCUT2D eigenvalue weighted by Crippen LogP contribution is 2.23. The molecule has 0 saturated carbocycles. The van der Waals surface area contributed by atoms with Crippen LogP contribution in [-0.2, 0) is 4.79 Å². The van der Waals surface area contributed by atoms with Gasteiger partial charge in [0.05, 0.1) is 5.02 Å². The SMILES string of the molecule is O=C1CC(NCC(O)COc2ccccc2Cl)CN1. The molecule has 2 unspecified atom stereocenters. The summed E-state index contributed by atoms with van der Waals surface area (Å²) in [5.74, 6) is 0.597. The van der Waals surface area contributed by atoms with Gasteiger partial charge in [-0.2, -0.15) is 0 Å². The summed E-state index contributed by atoms with van der Waals surface area (Å²) in [5, 5.41) is 16.2. The van der Waals surface area contributed by atoms with Gasteiger partial charge in [0.1, 0.15) is 18.5 Å². The van der Waals surface area contributed by atoms with E-state index in [0.717, 1.165) is 0 Å². The Morgan fingerprint density at radius 3 is 3.00 bits per heavy atom. The maximum absolute atomic E-state index is 11.0. The minimum atomic E-state index is -0.646. The lowest BCUT2D eigenvalue weighted by molar-refractivity contribution is -0.119. The van der Waals surface area contributed by atoms with Gasteiger partial charge in [0.25, 0.3) is 0 Å². The van der Waals surface area contributed by atoms with Crippen LogP contribution in [0.2, 0.25) is 5.02 Å². The molecule has 1 amide bonds. The molecule has 0 aromatic heterocycles. The predicted molar refractivity (Wildman–Crippen MR) is 72.4 cm³/mol. The summed E-state index contributed by atoms with van der Waals surface area (Å²) in [6, 6.07) is 7.21. The van der Waals surface area contributed by atoms with Gasteiger partial charge in [-0.15, -0.1) is 0 Å². The normalized spacial score (nSPS) is 20.1. The van der Waals surface area contributed by atoms with Gasteiger partial charge >= 0.3 is 0 Å². The van der Waals surface area contributed by atoms with Crippen molar-refractivity contribution in [3.8, 4) is 5.75 Å². The summed E-state index contributed by atoms with van der Waals surface area (Å²) in [7, 11) is 0. The van der Waals surface area contributed by atoms with Crippen molar-refractivity contribution in [2.45, 2.75) is 18.6 Å². The number of para-hydroxylation sites is 1. The van der Waals surface area contributed by atoms with Gasteiger partial charge in [0.15, 0.2) is 0 Å². The van der Waals surface area contributed by atoms with Crippen LogP contribution >= 0.6 is 11.6 Å². The van der Waals surface area contributed by atoms with E-state index >= 15 is 0 Å².